The molecule has 0 aliphatic carbocycles. The Balaban J connectivity index is 1.56. The number of ether oxygens (including phenoxy) is 3. The first-order valence-electron chi connectivity index (χ1n) is 13.4. The van der Waals surface area contributed by atoms with Crippen molar-refractivity contribution >= 4 is 22.7 Å². The first kappa shape index (κ1) is 28.7. The molecule has 2 amide bonds. The first-order valence-corrected chi connectivity index (χ1v) is 13.4. The molecule has 0 aliphatic heterocycles. The summed E-state index contributed by atoms with van der Waals surface area (Å²) in [5.41, 5.74) is 3.65. The van der Waals surface area contributed by atoms with Crippen LogP contribution in [0.2, 0.25) is 0 Å². The number of carbonyl (C=O) groups excluding carboxylic acids is 2. The average molecular weight is 544 g/mol. The summed E-state index contributed by atoms with van der Waals surface area (Å²) in [6, 6.07) is 23.1. The van der Waals surface area contributed by atoms with Crippen LogP contribution in [0.1, 0.15) is 27.9 Å². The molecule has 0 fully saturated rings. The fourth-order valence-corrected chi connectivity index (χ4v) is 4.72. The second-order valence-electron chi connectivity index (χ2n) is 9.58. The molecule has 0 saturated heterocycles. The van der Waals surface area contributed by atoms with Crippen LogP contribution in [0.5, 0.6) is 11.5 Å². The van der Waals surface area contributed by atoms with Crippen molar-refractivity contribution in [1.29, 1.82) is 0 Å². The van der Waals surface area contributed by atoms with Gasteiger partial charge in [0.2, 0.25) is 5.91 Å². The van der Waals surface area contributed by atoms with E-state index >= 15 is 0 Å². The zero-order valence-electron chi connectivity index (χ0n) is 23.4. The molecule has 1 aromatic heterocycles. The SMILES string of the molecule is COCCCN(CC(=O)N(CCc1c[nH]c2ccccc12)Cc1ccccc1)C(=O)c1cc(OC)cc(OC)c1. The molecule has 210 valence electrons. The number of nitrogens with zero attached hydrogens (tertiary/aromatic N) is 2. The maximum atomic E-state index is 13.8. The number of amides is 2. The van der Waals surface area contributed by atoms with E-state index in [1.807, 2.05) is 59.6 Å². The number of fused-ring (bicyclic) bond motifs is 1. The number of benzene rings is 3. The zero-order valence-corrected chi connectivity index (χ0v) is 23.4. The van der Waals surface area contributed by atoms with Crippen molar-refractivity contribution in [2.24, 2.45) is 0 Å². The molecular formula is C32H37N3O5. The molecule has 0 bridgehead atoms. The van der Waals surface area contributed by atoms with E-state index in [1.54, 1.807) is 30.2 Å². The first-order chi connectivity index (χ1) is 19.5. The molecule has 0 atom stereocenters. The second-order valence-corrected chi connectivity index (χ2v) is 9.58. The van der Waals surface area contributed by atoms with Crippen molar-refractivity contribution < 1.29 is 23.8 Å². The molecular weight excluding hydrogens is 506 g/mol. The van der Waals surface area contributed by atoms with Gasteiger partial charge in [-0.1, -0.05) is 48.5 Å². The summed E-state index contributed by atoms with van der Waals surface area (Å²) in [7, 11) is 4.70. The number of carbonyl (C=O) groups is 2. The smallest absolute Gasteiger partial charge is 0.254 e. The Morgan fingerprint density at radius 3 is 2.23 bits per heavy atom. The van der Waals surface area contributed by atoms with E-state index in [1.165, 1.54) is 14.2 Å². The molecule has 0 spiro atoms. The van der Waals surface area contributed by atoms with Crippen LogP contribution in [0.3, 0.4) is 0 Å². The van der Waals surface area contributed by atoms with E-state index in [0.717, 1.165) is 22.0 Å². The molecule has 0 aliphatic rings. The number of aromatic nitrogens is 1. The van der Waals surface area contributed by atoms with Gasteiger partial charge in [0.05, 0.1) is 14.2 Å². The van der Waals surface area contributed by atoms with Crippen LogP contribution in [-0.2, 0) is 22.5 Å². The monoisotopic (exact) mass is 543 g/mol. The molecule has 4 rings (SSSR count). The Morgan fingerprint density at radius 1 is 0.825 bits per heavy atom. The lowest BCUT2D eigenvalue weighted by molar-refractivity contribution is -0.132. The predicted octanol–water partition coefficient (Wildman–Crippen LogP) is 4.94. The van der Waals surface area contributed by atoms with Crippen molar-refractivity contribution in [3.05, 3.63) is 95.7 Å². The minimum absolute atomic E-state index is 0.0528. The molecule has 8 nitrogen and oxygen atoms in total. The van der Waals surface area contributed by atoms with Crippen LogP contribution in [0, 0.1) is 0 Å². The minimum Gasteiger partial charge on any atom is -0.497 e. The number of methoxy groups -OCH3 is 3. The van der Waals surface area contributed by atoms with Gasteiger partial charge in [0.1, 0.15) is 18.0 Å². The third kappa shape index (κ3) is 7.42. The van der Waals surface area contributed by atoms with Crippen LogP contribution < -0.4 is 9.47 Å². The van der Waals surface area contributed by atoms with Crippen molar-refractivity contribution in [1.82, 2.24) is 14.8 Å². The van der Waals surface area contributed by atoms with Crippen LogP contribution >= 0.6 is 0 Å². The second kappa shape index (κ2) is 14.2. The number of rotatable bonds is 14. The standard InChI is InChI=1S/C32H37N3O5/c1-38-17-9-15-35(32(37)26-18-27(39-2)20-28(19-26)40-3)23-31(36)34(22-24-10-5-4-6-11-24)16-14-25-21-33-30-13-8-7-12-29(25)30/h4-8,10-13,18-21,33H,9,14-17,22-23H2,1-3H3. The van der Waals surface area contributed by atoms with Gasteiger partial charge >= 0.3 is 0 Å². The third-order valence-electron chi connectivity index (χ3n) is 6.88. The van der Waals surface area contributed by atoms with Crippen molar-refractivity contribution in [2.75, 3.05) is 47.6 Å². The highest BCUT2D eigenvalue weighted by atomic mass is 16.5. The summed E-state index contributed by atoms with van der Waals surface area (Å²) in [5.74, 6) is 0.632. The third-order valence-corrected chi connectivity index (χ3v) is 6.88. The van der Waals surface area contributed by atoms with E-state index in [4.69, 9.17) is 14.2 Å². The lowest BCUT2D eigenvalue weighted by atomic mass is 10.1. The molecule has 1 heterocycles. The Kier molecular flexibility index (Phi) is 10.2. The van der Waals surface area contributed by atoms with Gasteiger partial charge in [-0.2, -0.15) is 0 Å². The lowest BCUT2D eigenvalue weighted by Gasteiger charge is -2.28. The number of para-hydroxylation sites is 1. The fraction of sp³-hybridized carbons (Fsp3) is 0.312. The Bertz CT molecular complexity index is 1380. The van der Waals surface area contributed by atoms with E-state index in [9.17, 15) is 9.59 Å². The molecule has 3 aromatic carbocycles. The van der Waals surface area contributed by atoms with Crippen LogP contribution in [0.25, 0.3) is 10.9 Å². The molecule has 1 N–H and O–H groups in total. The van der Waals surface area contributed by atoms with Gasteiger partial charge in [0, 0.05) is 62.1 Å². The number of H-pyrrole nitrogens is 1. The number of hydrogen-bond acceptors (Lipinski definition) is 5. The number of aromatic amines is 1. The van der Waals surface area contributed by atoms with Gasteiger partial charge in [-0.3, -0.25) is 9.59 Å². The lowest BCUT2D eigenvalue weighted by Crippen LogP contribution is -2.44. The van der Waals surface area contributed by atoms with Gasteiger partial charge < -0.3 is 29.0 Å². The molecule has 0 saturated carbocycles. The molecule has 0 unspecified atom stereocenters. The summed E-state index contributed by atoms with van der Waals surface area (Å²) in [5, 5.41) is 1.15. The van der Waals surface area contributed by atoms with Crippen molar-refractivity contribution in [3.8, 4) is 11.5 Å². The molecule has 8 heteroatoms. The highest BCUT2D eigenvalue weighted by Gasteiger charge is 2.24. The van der Waals surface area contributed by atoms with Crippen molar-refractivity contribution in [2.45, 2.75) is 19.4 Å². The normalized spacial score (nSPS) is 10.9. The predicted molar refractivity (Wildman–Crippen MR) is 156 cm³/mol. The highest BCUT2D eigenvalue weighted by Crippen LogP contribution is 2.24. The average Bonchev–Trinajstić information content (AvgIpc) is 3.41. The summed E-state index contributed by atoms with van der Waals surface area (Å²) in [6.07, 6.45) is 3.30. The molecule has 40 heavy (non-hydrogen) atoms. The number of hydrogen-bond donors (Lipinski definition) is 1. The van der Waals surface area contributed by atoms with Gasteiger partial charge in [-0.25, -0.2) is 0 Å². The van der Waals surface area contributed by atoms with Gasteiger partial charge in [0.25, 0.3) is 5.91 Å². The van der Waals surface area contributed by atoms with E-state index < -0.39 is 0 Å². The zero-order chi connectivity index (χ0) is 28.3. The Morgan fingerprint density at radius 2 is 1.52 bits per heavy atom. The van der Waals surface area contributed by atoms with E-state index in [0.29, 0.717) is 56.1 Å². The topological polar surface area (TPSA) is 84.1 Å². The largest absolute Gasteiger partial charge is 0.497 e. The van der Waals surface area contributed by atoms with Crippen LogP contribution in [0.15, 0.2) is 79.0 Å². The Hall–Kier alpha value is -4.30. The van der Waals surface area contributed by atoms with Crippen LogP contribution in [-0.4, -0.2) is 74.2 Å². The highest BCUT2D eigenvalue weighted by molar-refractivity contribution is 5.97. The minimum atomic E-state index is -0.266. The fourth-order valence-electron chi connectivity index (χ4n) is 4.72. The maximum absolute atomic E-state index is 13.8. The summed E-state index contributed by atoms with van der Waals surface area (Å²) >= 11 is 0. The van der Waals surface area contributed by atoms with Crippen molar-refractivity contribution in [3.63, 3.8) is 0 Å². The quantitative estimate of drug-likeness (QED) is 0.228. The Labute approximate surface area is 235 Å². The molecule has 4 aromatic rings. The van der Waals surface area contributed by atoms with E-state index in [-0.39, 0.29) is 18.4 Å². The van der Waals surface area contributed by atoms with E-state index in [2.05, 4.69) is 11.1 Å². The van der Waals surface area contributed by atoms with Gasteiger partial charge in [0.15, 0.2) is 0 Å². The maximum Gasteiger partial charge on any atom is 0.254 e. The van der Waals surface area contributed by atoms with Crippen LogP contribution in [0.4, 0.5) is 0 Å². The number of nitrogens with one attached hydrogen (secondary N) is 1. The molecule has 0 radical (unpaired) electrons. The summed E-state index contributed by atoms with van der Waals surface area (Å²) < 4.78 is 15.9. The van der Waals surface area contributed by atoms with Gasteiger partial charge in [-0.05, 0) is 42.2 Å². The summed E-state index contributed by atoms with van der Waals surface area (Å²) in [6.45, 7) is 1.77. The van der Waals surface area contributed by atoms with Gasteiger partial charge in [-0.15, -0.1) is 0 Å². The summed E-state index contributed by atoms with van der Waals surface area (Å²) in [4.78, 5) is 34.3.